The van der Waals surface area contributed by atoms with Crippen molar-refractivity contribution in [1.29, 1.82) is 0 Å². The van der Waals surface area contributed by atoms with Crippen LogP contribution in [-0.2, 0) is 4.79 Å². The first-order valence-corrected chi connectivity index (χ1v) is 6.40. The number of hydrogen-bond donors (Lipinski definition) is 3. The molecule has 3 N–H and O–H groups in total. The SMILES string of the molecule is Cc1cc(C)cc(NC(=O)C2CNC(C)CN2)c1. The zero-order chi connectivity index (χ0) is 13.1. The molecule has 1 aliphatic heterocycles. The summed E-state index contributed by atoms with van der Waals surface area (Å²) in [5, 5.41) is 9.51. The number of nitrogens with one attached hydrogen (secondary N) is 3. The maximum atomic E-state index is 12.1. The predicted molar refractivity (Wildman–Crippen MR) is 73.8 cm³/mol. The summed E-state index contributed by atoms with van der Waals surface area (Å²) >= 11 is 0. The van der Waals surface area contributed by atoms with Crippen LogP contribution in [0.15, 0.2) is 18.2 Å². The quantitative estimate of drug-likeness (QED) is 0.736. The molecule has 2 unspecified atom stereocenters. The van der Waals surface area contributed by atoms with Gasteiger partial charge in [0, 0.05) is 24.8 Å². The second kappa shape index (κ2) is 5.50. The number of rotatable bonds is 2. The average Bonchev–Trinajstić information content (AvgIpc) is 2.28. The molecule has 1 saturated heterocycles. The van der Waals surface area contributed by atoms with E-state index < -0.39 is 0 Å². The van der Waals surface area contributed by atoms with Crippen LogP contribution in [0.5, 0.6) is 0 Å². The second-order valence-electron chi connectivity index (χ2n) is 5.14. The fraction of sp³-hybridized carbons (Fsp3) is 0.500. The molecule has 4 heteroatoms. The van der Waals surface area contributed by atoms with Gasteiger partial charge in [-0.25, -0.2) is 0 Å². The Morgan fingerprint density at radius 1 is 1.17 bits per heavy atom. The van der Waals surface area contributed by atoms with E-state index in [4.69, 9.17) is 0 Å². The van der Waals surface area contributed by atoms with Crippen LogP contribution in [-0.4, -0.2) is 31.1 Å². The van der Waals surface area contributed by atoms with Crippen molar-refractivity contribution in [2.45, 2.75) is 32.9 Å². The van der Waals surface area contributed by atoms with Gasteiger partial charge in [-0.2, -0.15) is 0 Å². The minimum absolute atomic E-state index is 0.0272. The minimum Gasteiger partial charge on any atom is -0.325 e. The Morgan fingerprint density at radius 2 is 1.83 bits per heavy atom. The van der Waals surface area contributed by atoms with Gasteiger partial charge in [0.1, 0.15) is 0 Å². The number of carbonyl (C=O) groups excluding carboxylic acids is 1. The van der Waals surface area contributed by atoms with Crippen molar-refractivity contribution in [1.82, 2.24) is 10.6 Å². The van der Waals surface area contributed by atoms with Gasteiger partial charge in [0.2, 0.25) is 5.91 Å². The Hall–Kier alpha value is -1.39. The van der Waals surface area contributed by atoms with Crippen LogP contribution in [0.1, 0.15) is 18.1 Å². The summed E-state index contributed by atoms with van der Waals surface area (Å²) in [4.78, 5) is 12.1. The van der Waals surface area contributed by atoms with E-state index in [1.54, 1.807) is 0 Å². The highest BCUT2D eigenvalue weighted by molar-refractivity contribution is 5.95. The second-order valence-corrected chi connectivity index (χ2v) is 5.14. The van der Waals surface area contributed by atoms with Gasteiger partial charge in [0.25, 0.3) is 0 Å². The molecular formula is C14H21N3O. The van der Waals surface area contributed by atoms with Crippen molar-refractivity contribution in [2.24, 2.45) is 0 Å². The number of benzene rings is 1. The molecule has 18 heavy (non-hydrogen) atoms. The molecule has 1 aliphatic rings. The molecule has 1 amide bonds. The molecule has 0 spiro atoms. The van der Waals surface area contributed by atoms with E-state index in [0.717, 1.165) is 23.4 Å². The molecule has 0 radical (unpaired) electrons. The van der Waals surface area contributed by atoms with Crippen LogP contribution in [0.25, 0.3) is 0 Å². The molecule has 98 valence electrons. The number of anilines is 1. The lowest BCUT2D eigenvalue weighted by Crippen LogP contribution is -2.57. The first-order chi connectivity index (χ1) is 8.54. The van der Waals surface area contributed by atoms with E-state index in [2.05, 4.69) is 28.9 Å². The first kappa shape index (κ1) is 13.1. The largest absolute Gasteiger partial charge is 0.325 e. The Morgan fingerprint density at radius 3 is 2.39 bits per heavy atom. The van der Waals surface area contributed by atoms with Crippen molar-refractivity contribution in [3.8, 4) is 0 Å². The van der Waals surface area contributed by atoms with E-state index in [0.29, 0.717) is 12.6 Å². The van der Waals surface area contributed by atoms with E-state index in [9.17, 15) is 4.79 Å². The van der Waals surface area contributed by atoms with Crippen molar-refractivity contribution >= 4 is 11.6 Å². The average molecular weight is 247 g/mol. The normalized spacial score (nSPS) is 23.7. The summed E-state index contributed by atoms with van der Waals surface area (Å²) in [6.45, 7) is 7.67. The predicted octanol–water partition coefficient (Wildman–Crippen LogP) is 1.19. The van der Waals surface area contributed by atoms with Crippen LogP contribution in [0.4, 0.5) is 5.69 Å². The van der Waals surface area contributed by atoms with Crippen LogP contribution in [0, 0.1) is 13.8 Å². The van der Waals surface area contributed by atoms with Crippen molar-refractivity contribution in [3.63, 3.8) is 0 Å². The Labute approximate surface area is 108 Å². The topological polar surface area (TPSA) is 53.2 Å². The molecule has 2 atom stereocenters. The van der Waals surface area contributed by atoms with Crippen molar-refractivity contribution < 1.29 is 4.79 Å². The third-order valence-electron chi connectivity index (χ3n) is 3.15. The lowest BCUT2D eigenvalue weighted by Gasteiger charge is -2.28. The first-order valence-electron chi connectivity index (χ1n) is 6.40. The summed E-state index contributed by atoms with van der Waals surface area (Å²) in [5.41, 5.74) is 3.19. The van der Waals surface area contributed by atoms with Gasteiger partial charge in [-0.1, -0.05) is 6.07 Å². The summed E-state index contributed by atoms with van der Waals surface area (Å²) in [5.74, 6) is 0.0272. The van der Waals surface area contributed by atoms with Crippen LogP contribution >= 0.6 is 0 Å². The third kappa shape index (κ3) is 3.31. The molecule has 1 aromatic rings. The Balaban J connectivity index is 1.98. The molecule has 1 aromatic carbocycles. The van der Waals surface area contributed by atoms with E-state index in [1.165, 1.54) is 0 Å². The van der Waals surface area contributed by atoms with E-state index in [1.807, 2.05) is 26.0 Å². The van der Waals surface area contributed by atoms with Crippen LogP contribution < -0.4 is 16.0 Å². The summed E-state index contributed by atoms with van der Waals surface area (Å²) in [6.07, 6.45) is 0. The Bertz CT molecular complexity index is 416. The zero-order valence-corrected chi connectivity index (χ0v) is 11.2. The highest BCUT2D eigenvalue weighted by atomic mass is 16.2. The maximum Gasteiger partial charge on any atom is 0.242 e. The van der Waals surface area contributed by atoms with Crippen LogP contribution in [0.2, 0.25) is 0 Å². The zero-order valence-electron chi connectivity index (χ0n) is 11.2. The fourth-order valence-corrected chi connectivity index (χ4v) is 2.24. The van der Waals surface area contributed by atoms with E-state index >= 15 is 0 Å². The van der Waals surface area contributed by atoms with Gasteiger partial charge < -0.3 is 16.0 Å². The van der Waals surface area contributed by atoms with Crippen LogP contribution in [0.3, 0.4) is 0 Å². The van der Waals surface area contributed by atoms with Gasteiger partial charge in [0.15, 0.2) is 0 Å². The lowest BCUT2D eigenvalue weighted by atomic mass is 10.1. The molecule has 1 heterocycles. The maximum absolute atomic E-state index is 12.1. The fourth-order valence-electron chi connectivity index (χ4n) is 2.24. The molecule has 4 nitrogen and oxygen atoms in total. The summed E-state index contributed by atoms with van der Waals surface area (Å²) in [6, 6.07) is 6.35. The van der Waals surface area contributed by atoms with Gasteiger partial charge >= 0.3 is 0 Å². The number of amides is 1. The highest BCUT2D eigenvalue weighted by Crippen LogP contribution is 2.14. The summed E-state index contributed by atoms with van der Waals surface area (Å²) < 4.78 is 0. The van der Waals surface area contributed by atoms with E-state index in [-0.39, 0.29) is 11.9 Å². The molecule has 1 fully saturated rings. The molecule has 0 aromatic heterocycles. The lowest BCUT2D eigenvalue weighted by molar-refractivity contribution is -0.118. The third-order valence-corrected chi connectivity index (χ3v) is 3.15. The summed E-state index contributed by atoms with van der Waals surface area (Å²) in [7, 11) is 0. The number of aryl methyl sites for hydroxylation is 2. The molecular weight excluding hydrogens is 226 g/mol. The van der Waals surface area contributed by atoms with Gasteiger partial charge in [-0.15, -0.1) is 0 Å². The minimum atomic E-state index is -0.151. The number of hydrogen-bond acceptors (Lipinski definition) is 3. The van der Waals surface area contributed by atoms with Crippen molar-refractivity contribution in [3.05, 3.63) is 29.3 Å². The monoisotopic (exact) mass is 247 g/mol. The smallest absolute Gasteiger partial charge is 0.242 e. The van der Waals surface area contributed by atoms with Gasteiger partial charge in [-0.05, 0) is 44.0 Å². The number of piperazine rings is 1. The molecule has 2 rings (SSSR count). The molecule has 0 aliphatic carbocycles. The molecule has 0 saturated carbocycles. The molecule has 0 bridgehead atoms. The highest BCUT2D eigenvalue weighted by Gasteiger charge is 2.23. The number of carbonyl (C=O) groups is 1. The Kier molecular flexibility index (Phi) is 3.99. The van der Waals surface area contributed by atoms with Gasteiger partial charge in [0.05, 0.1) is 6.04 Å². The standard InChI is InChI=1S/C14H21N3O/c1-9-4-10(2)6-12(5-9)17-14(18)13-8-15-11(3)7-16-13/h4-6,11,13,15-16H,7-8H2,1-3H3,(H,17,18). The van der Waals surface area contributed by atoms with Gasteiger partial charge in [-0.3, -0.25) is 4.79 Å². The van der Waals surface area contributed by atoms with Crippen molar-refractivity contribution in [2.75, 3.05) is 18.4 Å².